The van der Waals surface area contributed by atoms with Gasteiger partial charge in [-0.2, -0.15) is 10.2 Å². The molecule has 8 rings (SSSR count). The molecule has 11 heteroatoms. The van der Waals surface area contributed by atoms with E-state index in [4.69, 9.17) is 24.5 Å². The maximum Gasteiger partial charge on any atom is 0.261 e. The lowest BCUT2D eigenvalue weighted by molar-refractivity contribution is 0.0990. The third-order valence-corrected chi connectivity index (χ3v) is 11.8. The molecule has 332 valence electrons. The highest BCUT2D eigenvalue weighted by atomic mass is 16.7. The second-order valence-electron chi connectivity index (χ2n) is 15.8. The van der Waals surface area contributed by atoms with E-state index in [1.165, 1.54) is 5.56 Å². The van der Waals surface area contributed by atoms with E-state index >= 15 is 0 Å². The summed E-state index contributed by atoms with van der Waals surface area (Å²) in [5.41, 5.74) is 9.80. The number of methoxy groups -OCH3 is 2. The van der Waals surface area contributed by atoms with E-state index in [0.717, 1.165) is 68.3 Å². The van der Waals surface area contributed by atoms with Gasteiger partial charge in [0.25, 0.3) is 5.91 Å². The van der Waals surface area contributed by atoms with Gasteiger partial charge in [-0.3, -0.25) is 14.7 Å². The van der Waals surface area contributed by atoms with Crippen LogP contribution < -0.4 is 24.3 Å². The number of hydrogen-bond acceptors (Lipinski definition) is 10. The molecule has 0 spiro atoms. The van der Waals surface area contributed by atoms with Gasteiger partial charge in [-0.05, 0) is 108 Å². The van der Waals surface area contributed by atoms with E-state index in [0.29, 0.717) is 39.8 Å². The lowest BCUT2D eigenvalue weighted by Gasteiger charge is -2.22. The molecule has 11 nitrogen and oxygen atoms in total. The number of aryl methyl sites for hydroxylation is 2. The second kappa shape index (κ2) is 20.3. The SMILES string of the molecule is CCc1ccccc1N(C)OCc1cc2ccccc2c(N=Nc2ccc(N(C)c3ccc(N=Nc4c(OC)c(C(=O)N(C)c5ccccc5CC)cc5ccccc45)cc3)cc2)c1OC. The van der Waals surface area contributed by atoms with Crippen molar-refractivity contribution in [1.82, 2.24) is 0 Å². The lowest BCUT2D eigenvalue weighted by Crippen LogP contribution is -2.27. The minimum absolute atomic E-state index is 0.197. The van der Waals surface area contributed by atoms with E-state index in [1.807, 2.05) is 153 Å². The minimum atomic E-state index is -0.197. The van der Waals surface area contributed by atoms with Crippen molar-refractivity contribution in [2.24, 2.45) is 20.5 Å². The molecular formula is C55H53N7O4. The Hall–Kier alpha value is -7.89. The van der Waals surface area contributed by atoms with Crippen LogP contribution in [-0.2, 0) is 24.3 Å². The van der Waals surface area contributed by atoms with Gasteiger partial charge < -0.3 is 19.3 Å². The third kappa shape index (κ3) is 9.34. The summed E-state index contributed by atoms with van der Waals surface area (Å²) < 4.78 is 11.9. The second-order valence-corrected chi connectivity index (χ2v) is 15.8. The number of ether oxygens (including phenoxy) is 2. The number of carbonyl (C=O) groups is 1. The standard InChI is InChI=1S/C55H53N7O4/c1-8-37-18-12-16-24-49(37)61(4)55(63)48-35-40-21-11-15-23-47(40)52(54(48)65-7)59-57-43-28-32-45(33-29-43)60(3)44-30-26-42(27-31-44)56-58-51-46-22-14-10-20-39(46)34-41(53(51)64-6)36-66-62(5)50-25-17-13-19-38(50)9-2/h10-35H,8-9,36H2,1-7H3. The van der Waals surface area contributed by atoms with Crippen LogP contribution in [0, 0.1) is 0 Å². The van der Waals surface area contributed by atoms with E-state index in [1.54, 1.807) is 26.2 Å². The third-order valence-electron chi connectivity index (χ3n) is 11.8. The maximum atomic E-state index is 14.1. The van der Waals surface area contributed by atoms with Gasteiger partial charge in [0, 0.05) is 54.5 Å². The lowest BCUT2D eigenvalue weighted by atomic mass is 10.0. The quantitative estimate of drug-likeness (QED) is 0.0707. The predicted octanol–water partition coefficient (Wildman–Crippen LogP) is 14.6. The van der Waals surface area contributed by atoms with Gasteiger partial charge in [0.15, 0.2) is 11.5 Å². The first-order valence-corrected chi connectivity index (χ1v) is 22.0. The monoisotopic (exact) mass is 875 g/mol. The van der Waals surface area contributed by atoms with Crippen molar-refractivity contribution in [3.63, 3.8) is 0 Å². The zero-order valence-electron chi connectivity index (χ0n) is 38.4. The highest BCUT2D eigenvalue weighted by Crippen LogP contribution is 2.43. The van der Waals surface area contributed by atoms with Crippen LogP contribution in [0.1, 0.15) is 40.9 Å². The first-order valence-electron chi connectivity index (χ1n) is 22.0. The summed E-state index contributed by atoms with van der Waals surface area (Å²) in [6, 6.07) is 51.7. The van der Waals surface area contributed by atoms with Crippen LogP contribution >= 0.6 is 0 Å². The fourth-order valence-electron chi connectivity index (χ4n) is 8.21. The smallest absolute Gasteiger partial charge is 0.261 e. The summed E-state index contributed by atoms with van der Waals surface area (Å²) in [6.45, 7) is 4.50. The average Bonchev–Trinajstić information content (AvgIpc) is 3.37. The molecule has 0 aliphatic rings. The van der Waals surface area contributed by atoms with Gasteiger partial charge in [-0.1, -0.05) is 98.8 Å². The highest BCUT2D eigenvalue weighted by molar-refractivity contribution is 6.13. The van der Waals surface area contributed by atoms with Gasteiger partial charge in [0.2, 0.25) is 0 Å². The molecule has 1 amide bonds. The summed E-state index contributed by atoms with van der Waals surface area (Å²) in [6.07, 6.45) is 1.70. The van der Waals surface area contributed by atoms with E-state index in [-0.39, 0.29) is 12.5 Å². The Labute approximate surface area is 386 Å². The zero-order chi connectivity index (χ0) is 46.2. The number of fused-ring (bicyclic) bond motifs is 2. The maximum absolute atomic E-state index is 14.1. The Morgan fingerprint density at radius 1 is 0.515 bits per heavy atom. The summed E-state index contributed by atoms with van der Waals surface area (Å²) in [4.78, 5) is 24.1. The van der Waals surface area contributed by atoms with E-state index in [2.05, 4.69) is 53.2 Å². The highest BCUT2D eigenvalue weighted by Gasteiger charge is 2.24. The van der Waals surface area contributed by atoms with E-state index in [9.17, 15) is 4.79 Å². The minimum Gasteiger partial charge on any atom is -0.494 e. The molecule has 0 saturated heterocycles. The van der Waals surface area contributed by atoms with Gasteiger partial charge in [-0.25, -0.2) is 0 Å². The van der Waals surface area contributed by atoms with Crippen LogP contribution in [0.3, 0.4) is 0 Å². The number of amides is 1. The molecule has 0 fully saturated rings. The number of hydroxylamine groups is 1. The Kier molecular flexibility index (Phi) is 13.8. The molecule has 66 heavy (non-hydrogen) atoms. The number of anilines is 4. The average molecular weight is 876 g/mol. The van der Waals surface area contributed by atoms with Crippen molar-refractivity contribution >= 4 is 73.0 Å². The number of carbonyl (C=O) groups excluding carboxylic acids is 1. The van der Waals surface area contributed by atoms with Crippen LogP contribution in [0.2, 0.25) is 0 Å². The summed E-state index contributed by atoms with van der Waals surface area (Å²) in [7, 11) is 8.93. The zero-order valence-corrected chi connectivity index (χ0v) is 38.4. The predicted molar refractivity (Wildman–Crippen MR) is 268 cm³/mol. The number of rotatable bonds is 16. The normalized spacial score (nSPS) is 11.4. The van der Waals surface area contributed by atoms with Crippen molar-refractivity contribution in [1.29, 1.82) is 0 Å². The van der Waals surface area contributed by atoms with Crippen molar-refractivity contribution in [3.05, 3.63) is 180 Å². The van der Waals surface area contributed by atoms with Crippen molar-refractivity contribution in [2.45, 2.75) is 33.3 Å². The fourth-order valence-corrected chi connectivity index (χ4v) is 8.21. The molecule has 0 heterocycles. The van der Waals surface area contributed by atoms with Crippen LogP contribution in [0.15, 0.2) is 178 Å². The van der Waals surface area contributed by atoms with Crippen molar-refractivity contribution < 1.29 is 19.1 Å². The summed E-state index contributed by atoms with van der Waals surface area (Å²) >= 11 is 0. The molecule has 8 aromatic rings. The Morgan fingerprint density at radius 3 is 1.53 bits per heavy atom. The molecule has 0 atom stereocenters. The number of azo groups is 2. The number of hydrogen-bond donors (Lipinski definition) is 0. The van der Waals surface area contributed by atoms with Gasteiger partial charge in [-0.15, -0.1) is 10.2 Å². The summed E-state index contributed by atoms with van der Waals surface area (Å²) in [5.74, 6) is 0.783. The van der Waals surface area contributed by atoms with Crippen LogP contribution in [-0.4, -0.2) is 41.3 Å². The topological polar surface area (TPSA) is 104 Å². The molecule has 0 N–H and O–H groups in total. The van der Waals surface area contributed by atoms with Crippen LogP contribution in [0.5, 0.6) is 11.5 Å². The van der Waals surface area contributed by atoms with Crippen LogP contribution in [0.25, 0.3) is 21.5 Å². The fraction of sp³-hybridized carbons (Fsp3) is 0.182. The Bertz CT molecular complexity index is 3060. The van der Waals surface area contributed by atoms with Crippen molar-refractivity contribution in [2.75, 3.05) is 50.2 Å². The van der Waals surface area contributed by atoms with E-state index < -0.39 is 0 Å². The van der Waals surface area contributed by atoms with Gasteiger partial charge >= 0.3 is 0 Å². The van der Waals surface area contributed by atoms with Gasteiger partial charge in [0.05, 0.1) is 36.8 Å². The van der Waals surface area contributed by atoms with Crippen LogP contribution in [0.4, 0.5) is 45.5 Å². The first kappa shape index (κ1) is 44.7. The first-order chi connectivity index (χ1) is 32.2. The molecule has 0 unspecified atom stereocenters. The largest absolute Gasteiger partial charge is 0.494 e. The molecule has 0 aliphatic heterocycles. The number of benzene rings is 8. The van der Waals surface area contributed by atoms with Crippen molar-refractivity contribution in [3.8, 4) is 11.5 Å². The molecular weight excluding hydrogens is 823 g/mol. The molecule has 0 saturated carbocycles. The Morgan fingerprint density at radius 2 is 0.985 bits per heavy atom. The Balaban J connectivity index is 0.994. The number of nitrogens with zero attached hydrogens (tertiary/aromatic N) is 7. The summed E-state index contributed by atoms with van der Waals surface area (Å²) in [5, 5.41) is 24.2. The van der Waals surface area contributed by atoms with Gasteiger partial charge in [0.1, 0.15) is 18.0 Å². The molecule has 0 aromatic heterocycles. The molecule has 0 bridgehead atoms. The molecule has 8 aromatic carbocycles. The number of para-hydroxylation sites is 2. The molecule has 0 aliphatic carbocycles. The molecule has 0 radical (unpaired) electrons.